The third kappa shape index (κ3) is 2.38. The van der Waals surface area contributed by atoms with E-state index in [2.05, 4.69) is 10.9 Å². The standard InChI is InChI=1S/C11H13N3O/c1-2-6-13(8-10-3-4-10)11(15)14-7-5-12-9-14/h1,5,7,9-10H,3-4,6,8H2. The van der Waals surface area contributed by atoms with Gasteiger partial charge in [-0.15, -0.1) is 6.42 Å². The molecule has 0 unspecified atom stereocenters. The van der Waals surface area contributed by atoms with Gasteiger partial charge in [0.2, 0.25) is 0 Å². The highest BCUT2D eigenvalue weighted by Gasteiger charge is 2.26. The topological polar surface area (TPSA) is 38.1 Å². The smallest absolute Gasteiger partial charge is 0.313 e. The van der Waals surface area contributed by atoms with Gasteiger partial charge in [-0.05, 0) is 18.8 Å². The lowest BCUT2D eigenvalue weighted by Gasteiger charge is -2.19. The molecule has 0 spiro atoms. The van der Waals surface area contributed by atoms with Crippen LogP contribution in [-0.2, 0) is 0 Å². The molecule has 0 aromatic carbocycles. The van der Waals surface area contributed by atoms with Crippen molar-refractivity contribution in [1.29, 1.82) is 0 Å². The van der Waals surface area contributed by atoms with Crippen LogP contribution in [0.4, 0.5) is 4.79 Å². The molecule has 1 saturated carbocycles. The zero-order valence-electron chi connectivity index (χ0n) is 8.47. The van der Waals surface area contributed by atoms with Crippen LogP contribution in [0.1, 0.15) is 12.8 Å². The lowest BCUT2D eigenvalue weighted by Crippen LogP contribution is -2.36. The predicted octanol–water partition coefficient (Wildman–Crippen LogP) is 1.20. The molecule has 1 aliphatic rings. The first kappa shape index (κ1) is 9.78. The number of rotatable bonds is 3. The van der Waals surface area contributed by atoms with E-state index in [-0.39, 0.29) is 6.03 Å². The molecule has 1 amide bonds. The third-order valence-corrected chi connectivity index (χ3v) is 2.45. The molecule has 0 N–H and O–H groups in total. The number of aromatic nitrogens is 2. The number of imidazole rings is 1. The molecular formula is C11H13N3O. The second kappa shape index (κ2) is 4.18. The van der Waals surface area contributed by atoms with Gasteiger partial charge in [0.25, 0.3) is 0 Å². The van der Waals surface area contributed by atoms with Crippen LogP contribution in [0.2, 0.25) is 0 Å². The second-order valence-electron chi connectivity index (χ2n) is 3.78. The average Bonchev–Trinajstić information content (AvgIpc) is 2.88. The molecule has 2 rings (SSSR count). The van der Waals surface area contributed by atoms with Gasteiger partial charge in [-0.2, -0.15) is 0 Å². The summed E-state index contributed by atoms with van der Waals surface area (Å²) in [6.45, 7) is 1.13. The number of amides is 1. The van der Waals surface area contributed by atoms with Crippen LogP contribution in [-0.4, -0.2) is 33.6 Å². The fraction of sp³-hybridized carbons (Fsp3) is 0.455. The van der Waals surface area contributed by atoms with E-state index in [0.29, 0.717) is 12.5 Å². The summed E-state index contributed by atoms with van der Waals surface area (Å²) in [7, 11) is 0. The Bertz CT molecular complexity index is 373. The SMILES string of the molecule is C#CCN(CC1CC1)C(=O)n1ccnc1. The largest absolute Gasteiger partial charge is 0.330 e. The Labute approximate surface area is 88.9 Å². The van der Waals surface area contributed by atoms with Crippen molar-refractivity contribution in [3.05, 3.63) is 18.7 Å². The Balaban J connectivity index is 2.03. The molecule has 4 nitrogen and oxygen atoms in total. The molecular weight excluding hydrogens is 190 g/mol. The van der Waals surface area contributed by atoms with Crippen molar-refractivity contribution in [1.82, 2.24) is 14.5 Å². The maximum absolute atomic E-state index is 11.9. The minimum absolute atomic E-state index is 0.0858. The molecule has 0 radical (unpaired) electrons. The number of hydrogen-bond acceptors (Lipinski definition) is 2. The van der Waals surface area contributed by atoms with Crippen LogP contribution >= 0.6 is 0 Å². The van der Waals surface area contributed by atoms with Crippen LogP contribution in [0.5, 0.6) is 0 Å². The van der Waals surface area contributed by atoms with Crippen molar-refractivity contribution in [2.75, 3.05) is 13.1 Å². The molecule has 1 heterocycles. The average molecular weight is 203 g/mol. The molecule has 1 aromatic rings. The van der Waals surface area contributed by atoms with Crippen molar-refractivity contribution in [3.8, 4) is 12.3 Å². The highest BCUT2D eigenvalue weighted by atomic mass is 16.2. The number of carbonyl (C=O) groups is 1. The van der Waals surface area contributed by atoms with E-state index >= 15 is 0 Å². The molecule has 0 saturated heterocycles. The molecule has 78 valence electrons. The van der Waals surface area contributed by atoms with Crippen LogP contribution in [0.25, 0.3) is 0 Å². The Morgan fingerprint density at radius 1 is 1.67 bits per heavy atom. The summed E-state index contributed by atoms with van der Waals surface area (Å²) >= 11 is 0. The zero-order valence-corrected chi connectivity index (χ0v) is 8.47. The molecule has 1 aliphatic carbocycles. The number of hydrogen-bond donors (Lipinski definition) is 0. The highest BCUT2D eigenvalue weighted by Crippen LogP contribution is 2.29. The lowest BCUT2D eigenvalue weighted by atomic mass is 10.4. The van der Waals surface area contributed by atoms with Gasteiger partial charge in [0, 0.05) is 18.9 Å². The van der Waals surface area contributed by atoms with Crippen LogP contribution in [0.15, 0.2) is 18.7 Å². The molecule has 4 heteroatoms. The van der Waals surface area contributed by atoms with Crippen LogP contribution in [0.3, 0.4) is 0 Å². The Morgan fingerprint density at radius 3 is 3.00 bits per heavy atom. The molecule has 0 aliphatic heterocycles. The van der Waals surface area contributed by atoms with Crippen molar-refractivity contribution < 1.29 is 4.79 Å². The minimum atomic E-state index is -0.0858. The van der Waals surface area contributed by atoms with Crippen LogP contribution < -0.4 is 0 Å². The lowest BCUT2D eigenvalue weighted by molar-refractivity contribution is 0.203. The van der Waals surface area contributed by atoms with Crippen molar-refractivity contribution in [2.45, 2.75) is 12.8 Å². The first-order valence-corrected chi connectivity index (χ1v) is 5.02. The van der Waals surface area contributed by atoms with Gasteiger partial charge in [0.1, 0.15) is 6.33 Å². The summed E-state index contributed by atoms with van der Waals surface area (Å²) in [5, 5.41) is 0. The fourth-order valence-corrected chi connectivity index (χ4v) is 1.47. The Morgan fingerprint density at radius 2 is 2.47 bits per heavy atom. The third-order valence-electron chi connectivity index (χ3n) is 2.45. The van der Waals surface area contributed by atoms with Crippen molar-refractivity contribution >= 4 is 6.03 Å². The number of carbonyl (C=O) groups excluding carboxylic acids is 1. The normalized spacial score (nSPS) is 14.6. The van der Waals surface area contributed by atoms with Crippen molar-refractivity contribution in [3.63, 3.8) is 0 Å². The van der Waals surface area contributed by atoms with Gasteiger partial charge >= 0.3 is 6.03 Å². The van der Waals surface area contributed by atoms with Crippen LogP contribution in [0, 0.1) is 18.3 Å². The highest BCUT2D eigenvalue weighted by molar-refractivity contribution is 5.76. The summed E-state index contributed by atoms with van der Waals surface area (Å²) < 4.78 is 1.46. The summed E-state index contributed by atoms with van der Waals surface area (Å²) in [4.78, 5) is 17.5. The molecule has 1 fully saturated rings. The van der Waals surface area contributed by atoms with Gasteiger partial charge in [0.05, 0.1) is 6.54 Å². The van der Waals surface area contributed by atoms with Gasteiger partial charge < -0.3 is 4.90 Å². The number of terminal acetylenes is 1. The monoisotopic (exact) mass is 203 g/mol. The number of nitrogens with zero attached hydrogens (tertiary/aromatic N) is 3. The van der Waals surface area contributed by atoms with E-state index < -0.39 is 0 Å². The molecule has 0 atom stereocenters. The van der Waals surface area contributed by atoms with E-state index in [1.54, 1.807) is 17.3 Å². The molecule has 1 aromatic heterocycles. The van der Waals surface area contributed by atoms with E-state index in [9.17, 15) is 4.79 Å². The maximum atomic E-state index is 11.9. The van der Waals surface area contributed by atoms with E-state index in [1.807, 2.05) is 0 Å². The second-order valence-corrected chi connectivity index (χ2v) is 3.78. The maximum Gasteiger partial charge on any atom is 0.330 e. The van der Waals surface area contributed by atoms with Gasteiger partial charge in [-0.3, -0.25) is 4.57 Å². The summed E-state index contributed by atoms with van der Waals surface area (Å²) in [5.74, 6) is 3.16. The minimum Gasteiger partial charge on any atom is -0.313 e. The van der Waals surface area contributed by atoms with E-state index in [1.165, 1.54) is 23.7 Å². The Kier molecular flexibility index (Phi) is 2.72. The van der Waals surface area contributed by atoms with Crippen molar-refractivity contribution in [2.24, 2.45) is 5.92 Å². The summed E-state index contributed by atoms with van der Waals surface area (Å²) in [5.41, 5.74) is 0. The first-order valence-electron chi connectivity index (χ1n) is 5.02. The summed E-state index contributed by atoms with van der Waals surface area (Å²) in [6.07, 6.45) is 12.4. The predicted molar refractivity (Wildman–Crippen MR) is 56.2 cm³/mol. The zero-order chi connectivity index (χ0) is 10.7. The van der Waals surface area contributed by atoms with Gasteiger partial charge in [0.15, 0.2) is 0 Å². The quantitative estimate of drug-likeness (QED) is 0.692. The molecule has 0 bridgehead atoms. The summed E-state index contributed by atoms with van der Waals surface area (Å²) in [6, 6.07) is -0.0858. The van der Waals surface area contributed by atoms with E-state index in [4.69, 9.17) is 6.42 Å². The van der Waals surface area contributed by atoms with Gasteiger partial charge in [-0.1, -0.05) is 5.92 Å². The van der Waals surface area contributed by atoms with Gasteiger partial charge in [-0.25, -0.2) is 9.78 Å². The van der Waals surface area contributed by atoms with E-state index in [0.717, 1.165) is 6.54 Å². The first-order chi connectivity index (χ1) is 7.31. The fourth-order valence-electron chi connectivity index (χ4n) is 1.47. The Hall–Kier alpha value is -1.76. The molecule has 15 heavy (non-hydrogen) atoms.